The van der Waals surface area contributed by atoms with Crippen molar-refractivity contribution in [3.63, 3.8) is 0 Å². The summed E-state index contributed by atoms with van der Waals surface area (Å²) in [5.41, 5.74) is -0.420. The molecular formula is C21H27ClFN3O3. The van der Waals surface area contributed by atoms with E-state index in [-0.39, 0.29) is 46.3 Å². The first kappa shape index (κ1) is 20.4. The molecule has 1 saturated heterocycles. The van der Waals surface area contributed by atoms with Crippen LogP contribution >= 0.6 is 11.6 Å². The Morgan fingerprint density at radius 2 is 2.00 bits per heavy atom. The molecule has 1 heterocycles. The third-order valence-electron chi connectivity index (χ3n) is 6.49. The second-order valence-corrected chi connectivity index (χ2v) is 9.21. The van der Waals surface area contributed by atoms with Crippen LogP contribution in [0.1, 0.15) is 45.4 Å². The maximum absolute atomic E-state index is 13.4. The van der Waals surface area contributed by atoms with Crippen molar-refractivity contribution in [3.05, 3.63) is 29.0 Å². The number of amides is 2. The number of carbonyl (C=O) groups excluding carboxylic acids is 2. The van der Waals surface area contributed by atoms with Gasteiger partial charge in [0.15, 0.2) is 6.61 Å². The van der Waals surface area contributed by atoms with Gasteiger partial charge >= 0.3 is 0 Å². The summed E-state index contributed by atoms with van der Waals surface area (Å²) in [6, 6.07) is 3.96. The topological polar surface area (TPSA) is 79.5 Å². The van der Waals surface area contributed by atoms with Crippen LogP contribution in [0.15, 0.2) is 18.2 Å². The molecule has 2 bridgehead atoms. The molecule has 158 valence electrons. The van der Waals surface area contributed by atoms with E-state index in [0.717, 1.165) is 51.1 Å². The molecule has 4 aliphatic rings. The fraction of sp³-hybridized carbons (Fsp3) is 0.619. The minimum Gasteiger partial charge on any atom is -0.484 e. The third-order valence-corrected chi connectivity index (χ3v) is 6.80. The van der Waals surface area contributed by atoms with Crippen LogP contribution in [-0.4, -0.2) is 42.1 Å². The Balaban J connectivity index is 1.20. The number of nitrogens with one attached hydrogen (secondary N) is 3. The molecular weight excluding hydrogens is 397 g/mol. The Morgan fingerprint density at radius 3 is 2.69 bits per heavy atom. The first-order chi connectivity index (χ1) is 13.8. The number of ether oxygens (including phenoxy) is 1. The minimum atomic E-state index is -0.584. The largest absolute Gasteiger partial charge is 0.484 e. The van der Waals surface area contributed by atoms with E-state index >= 15 is 0 Å². The number of rotatable bonds is 7. The van der Waals surface area contributed by atoms with E-state index in [2.05, 4.69) is 22.9 Å². The summed E-state index contributed by atoms with van der Waals surface area (Å²) in [7, 11) is 0. The summed E-state index contributed by atoms with van der Waals surface area (Å²) in [6.45, 7) is 2.87. The van der Waals surface area contributed by atoms with Crippen molar-refractivity contribution in [2.45, 2.75) is 62.6 Å². The predicted octanol–water partition coefficient (Wildman–Crippen LogP) is 2.54. The van der Waals surface area contributed by atoms with Gasteiger partial charge in [-0.15, -0.1) is 0 Å². The lowest BCUT2D eigenvalue weighted by Gasteiger charge is -2.70. The molecule has 2 atom stereocenters. The first-order valence-electron chi connectivity index (χ1n) is 10.3. The van der Waals surface area contributed by atoms with Gasteiger partial charge in [0, 0.05) is 17.1 Å². The Bertz CT molecular complexity index is 799. The average Bonchev–Trinajstić information content (AvgIpc) is 2.66. The van der Waals surface area contributed by atoms with Crippen molar-refractivity contribution in [2.75, 3.05) is 13.2 Å². The number of piperidine rings is 1. The fourth-order valence-corrected chi connectivity index (χ4v) is 5.13. The van der Waals surface area contributed by atoms with Crippen molar-refractivity contribution in [1.82, 2.24) is 16.0 Å². The van der Waals surface area contributed by atoms with E-state index in [1.807, 2.05) is 0 Å². The van der Waals surface area contributed by atoms with Crippen molar-refractivity contribution in [1.29, 1.82) is 0 Å². The summed E-state index contributed by atoms with van der Waals surface area (Å²) in [5.74, 6) is 0.114. The zero-order valence-corrected chi connectivity index (χ0v) is 17.3. The molecule has 0 spiro atoms. The van der Waals surface area contributed by atoms with E-state index in [1.54, 1.807) is 0 Å². The predicted molar refractivity (Wildman–Crippen MR) is 107 cm³/mol. The average molecular weight is 424 g/mol. The van der Waals surface area contributed by atoms with Crippen LogP contribution in [0.2, 0.25) is 5.02 Å². The SMILES string of the molecule is CCC1CCNC(C(=O)NC23CC(NC(=O)COc4ccc(Cl)c(F)c4)(C2)C3)C1. The standard InChI is InChI=1S/C21H27ClFN3O3/c1-2-13-5-6-24-17(7-13)19(28)26-21-10-20(11-21,12-21)25-18(27)9-29-14-3-4-15(22)16(23)8-14/h3-4,8,13,17,24H,2,5-7,9-12H2,1H3,(H,25,27)(H,26,28). The van der Waals surface area contributed by atoms with E-state index < -0.39 is 5.82 Å². The van der Waals surface area contributed by atoms with Gasteiger partial charge in [-0.2, -0.15) is 0 Å². The van der Waals surface area contributed by atoms with Crippen LogP contribution in [0.5, 0.6) is 5.75 Å². The molecule has 4 fully saturated rings. The van der Waals surface area contributed by atoms with E-state index in [0.29, 0.717) is 5.92 Å². The lowest BCUT2D eigenvalue weighted by atomic mass is 9.44. The van der Waals surface area contributed by atoms with Crippen LogP contribution in [0.3, 0.4) is 0 Å². The van der Waals surface area contributed by atoms with Crippen LogP contribution < -0.4 is 20.7 Å². The third kappa shape index (κ3) is 4.21. The second kappa shape index (κ2) is 7.76. The summed E-state index contributed by atoms with van der Waals surface area (Å²) in [6.07, 6.45) is 5.37. The van der Waals surface area contributed by atoms with Gasteiger partial charge < -0.3 is 20.7 Å². The minimum absolute atomic E-state index is 0.0108. The number of hydrogen-bond donors (Lipinski definition) is 3. The molecule has 3 N–H and O–H groups in total. The van der Waals surface area contributed by atoms with Crippen molar-refractivity contribution < 1.29 is 18.7 Å². The lowest BCUT2D eigenvalue weighted by molar-refractivity contribution is -0.151. The molecule has 3 aliphatic carbocycles. The number of benzene rings is 1. The summed E-state index contributed by atoms with van der Waals surface area (Å²) in [5, 5.41) is 9.53. The zero-order valence-electron chi connectivity index (χ0n) is 16.5. The lowest BCUT2D eigenvalue weighted by Crippen LogP contribution is -2.84. The van der Waals surface area contributed by atoms with Gasteiger partial charge in [0.1, 0.15) is 11.6 Å². The summed E-state index contributed by atoms with van der Waals surface area (Å²) >= 11 is 5.63. The van der Waals surface area contributed by atoms with E-state index in [1.165, 1.54) is 12.1 Å². The van der Waals surface area contributed by atoms with Crippen molar-refractivity contribution in [3.8, 4) is 5.75 Å². The summed E-state index contributed by atoms with van der Waals surface area (Å²) in [4.78, 5) is 24.8. The zero-order chi connectivity index (χ0) is 20.6. The van der Waals surface area contributed by atoms with Gasteiger partial charge in [0.05, 0.1) is 11.1 Å². The van der Waals surface area contributed by atoms with Gasteiger partial charge in [-0.25, -0.2) is 4.39 Å². The van der Waals surface area contributed by atoms with Crippen LogP contribution in [-0.2, 0) is 9.59 Å². The number of carbonyl (C=O) groups is 2. The Hall–Kier alpha value is -1.86. The fourth-order valence-electron chi connectivity index (χ4n) is 5.02. The highest BCUT2D eigenvalue weighted by molar-refractivity contribution is 6.30. The second-order valence-electron chi connectivity index (χ2n) is 8.80. The van der Waals surface area contributed by atoms with E-state index in [4.69, 9.17) is 16.3 Å². The van der Waals surface area contributed by atoms with Crippen LogP contribution in [0.25, 0.3) is 0 Å². The normalized spacial score (nSPS) is 32.5. The molecule has 6 nitrogen and oxygen atoms in total. The molecule has 2 amide bonds. The molecule has 3 saturated carbocycles. The van der Waals surface area contributed by atoms with Gasteiger partial charge in [0.25, 0.3) is 5.91 Å². The Morgan fingerprint density at radius 1 is 1.28 bits per heavy atom. The maximum Gasteiger partial charge on any atom is 0.258 e. The van der Waals surface area contributed by atoms with Gasteiger partial charge in [0.2, 0.25) is 5.91 Å². The first-order valence-corrected chi connectivity index (χ1v) is 10.6. The monoisotopic (exact) mass is 423 g/mol. The molecule has 2 unspecified atom stereocenters. The van der Waals surface area contributed by atoms with Gasteiger partial charge in [-0.3, -0.25) is 9.59 Å². The molecule has 1 aromatic carbocycles. The van der Waals surface area contributed by atoms with Gasteiger partial charge in [-0.05, 0) is 56.7 Å². The molecule has 0 aromatic heterocycles. The van der Waals surface area contributed by atoms with Crippen LogP contribution in [0, 0.1) is 11.7 Å². The smallest absolute Gasteiger partial charge is 0.258 e. The Labute approximate surface area is 174 Å². The highest BCUT2D eigenvalue weighted by atomic mass is 35.5. The molecule has 5 rings (SSSR count). The highest BCUT2D eigenvalue weighted by Crippen LogP contribution is 2.60. The molecule has 8 heteroatoms. The van der Waals surface area contributed by atoms with Crippen molar-refractivity contribution >= 4 is 23.4 Å². The highest BCUT2D eigenvalue weighted by Gasteiger charge is 2.69. The van der Waals surface area contributed by atoms with E-state index in [9.17, 15) is 14.0 Å². The molecule has 29 heavy (non-hydrogen) atoms. The Kier molecular flexibility index (Phi) is 5.46. The quantitative estimate of drug-likeness (QED) is 0.629. The molecule has 1 aliphatic heterocycles. The van der Waals surface area contributed by atoms with Gasteiger partial charge in [-0.1, -0.05) is 24.9 Å². The van der Waals surface area contributed by atoms with Crippen LogP contribution in [0.4, 0.5) is 4.39 Å². The van der Waals surface area contributed by atoms with Crippen molar-refractivity contribution in [2.24, 2.45) is 5.92 Å². The summed E-state index contributed by atoms with van der Waals surface area (Å²) < 4.78 is 18.8. The molecule has 0 radical (unpaired) electrons. The number of halogens is 2. The number of hydrogen-bond acceptors (Lipinski definition) is 4. The maximum atomic E-state index is 13.4. The molecule has 1 aromatic rings.